The highest BCUT2D eigenvalue weighted by molar-refractivity contribution is 7.93. The van der Waals surface area contributed by atoms with Crippen LogP contribution in [0.3, 0.4) is 0 Å². The molecule has 0 radical (unpaired) electrons. The average Bonchev–Trinajstić information content (AvgIpc) is 3.00. The van der Waals surface area contributed by atoms with Gasteiger partial charge in [-0.2, -0.15) is 5.10 Å². The molecular formula is C22H28Cl2N6O2S. The summed E-state index contributed by atoms with van der Waals surface area (Å²) in [4.78, 5) is 6.39. The molecule has 8 nitrogen and oxygen atoms in total. The third kappa shape index (κ3) is 5.43. The van der Waals surface area contributed by atoms with Crippen molar-refractivity contribution in [3.05, 3.63) is 57.9 Å². The van der Waals surface area contributed by atoms with Gasteiger partial charge in [0.05, 0.1) is 27.1 Å². The standard InChI is InChI=1S/C22H28Cl2N6O2S/c1-6-16(13-20(25-4)30-9-7-26-8-10-30)17-11-18(23)22(19(24)12-17)33(31,32)28-21-14(2)27-29(5)15(21)3/h6,11-13,26,28H,1,7-10H2,2-5H3/b16-13+,25-20?. The number of aryl methyl sites for hydroxylation is 2. The molecular weight excluding hydrogens is 483 g/mol. The molecule has 0 amide bonds. The number of anilines is 1. The summed E-state index contributed by atoms with van der Waals surface area (Å²) >= 11 is 12.9. The minimum atomic E-state index is -4.05. The molecule has 0 bridgehead atoms. The Labute approximate surface area is 205 Å². The lowest BCUT2D eigenvalue weighted by Gasteiger charge is -2.29. The Kier molecular flexibility index (Phi) is 7.89. The van der Waals surface area contributed by atoms with Crippen molar-refractivity contribution in [2.75, 3.05) is 37.9 Å². The third-order valence-electron chi connectivity index (χ3n) is 5.52. The van der Waals surface area contributed by atoms with Crippen LogP contribution in [-0.2, 0) is 17.1 Å². The van der Waals surface area contributed by atoms with Crippen LogP contribution < -0.4 is 10.0 Å². The molecule has 1 aromatic heterocycles. The first-order valence-electron chi connectivity index (χ1n) is 10.4. The van der Waals surface area contributed by atoms with Crippen molar-refractivity contribution in [1.29, 1.82) is 0 Å². The van der Waals surface area contributed by atoms with E-state index in [4.69, 9.17) is 23.2 Å². The number of hydrogen-bond donors (Lipinski definition) is 2. The molecule has 2 aromatic rings. The summed E-state index contributed by atoms with van der Waals surface area (Å²) in [5.74, 6) is 0.805. The fraction of sp³-hybridized carbons (Fsp3) is 0.364. The summed E-state index contributed by atoms with van der Waals surface area (Å²) in [5, 5.41) is 7.57. The summed E-state index contributed by atoms with van der Waals surface area (Å²) in [6.07, 6.45) is 3.57. The van der Waals surface area contributed by atoms with Crippen LogP contribution in [0.1, 0.15) is 17.0 Å². The average molecular weight is 511 g/mol. The summed E-state index contributed by atoms with van der Waals surface area (Å²) < 4.78 is 30.5. The Morgan fingerprint density at radius 3 is 2.33 bits per heavy atom. The molecule has 2 N–H and O–H groups in total. The van der Waals surface area contributed by atoms with E-state index in [1.165, 1.54) is 0 Å². The molecule has 3 rings (SSSR count). The van der Waals surface area contributed by atoms with E-state index < -0.39 is 10.0 Å². The van der Waals surface area contributed by atoms with Crippen LogP contribution in [0, 0.1) is 13.8 Å². The molecule has 2 heterocycles. The molecule has 1 saturated heterocycles. The zero-order valence-corrected chi connectivity index (χ0v) is 21.4. The van der Waals surface area contributed by atoms with Gasteiger partial charge in [-0.1, -0.05) is 35.9 Å². The fourth-order valence-corrected chi connectivity index (χ4v) is 6.07. The van der Waals surface area contributed by atoms with Gasteiger partial charge < -0.3 is 10.2 Å². The van der Waals surface area contributed by atoms with Crippen LogP contribution in [0.5, 0.6) is 0 Å². The number of hydrogen-bond acceptors (Lipinski definition) is 5. The minimum absolute atomic E-state index is 0.00843. The number of aromatic nitrogens is 2. The van der Waals surface area contributed by atoms with Crippen molar-refractivity contribution in [3.63, 3.8) is 0 Å². The monoisotopic (exact) mass is 510 g/mol. The van der Waals surface area contributed by atoms with Gasteiger partial charge in [0.1, 0.15) is 10.7 Å². The van der Waals surface area contributed by atoms with E-state index in [2.05, 4.69) is 31.6 Å². The Morgan fingerprint density at radius 2 is 1.85 bits per heavy atom. The molecule has 0 unspecified atom stereocenters. The van der Waals surface area contributed by atoms with E-state index in [9.17, 15) is 8.42 Å². The molecule has 11 heteroatoms. The lowest BCUT2D eigenvalue weighted by molar-refractivity contribution is 0.358. The molecule has 0 saturated carbocycles. The summed E-state index contributed by atoms with van der Waals surface area (Å²) in [6.45, 7) is 10.8. The number of rotatable bonds is 6. The maximum Gasteiger partial charge on any atom is 0.264 e. The molecule has 1 aromatic carbocycles. The van der Waals surface area contributed by atoms with E-state index in [1.807, 2.05) is 6.08 Å². The maximum atomic E-state index is 13.2. The number of benzene rings is 1. The topological polar surface area (TPSA) is 91.6 Å². The van der Waals surface area contributed by atoms with Crippen LogP contribution in [-0.4, -0.2) is 62.2 Å². The Balaban J connectivity index is 1.98. The molecule has 1 fully saturated rings. The lowest BCUT2D eigenvalue weighted by atomic mass is 10.0. The highest BCUT2D eigenvalue weighted by atomic mass is 35.5. The Bertz CT molecular complexity index is 1200. The van der Waals surface area contributed by atoms with Crippen molar-refractivity contribution in [2.45, 2.75) is 18.7 Å². The highest BCUT2D eigenvalue weighted by Gasteiger charge is 2.26. The number of amidine groups is 1. The summed E-state index contributed by atoms with van der Waals surface area (Å²) in [5.41, 5.74) is 3.01. The highest BCUT2D eigenvalue weighted by Crippen LogP contribution is 2.35. The van der Waals surface area contributed by atoms with Gasteiger partial charge in [0.15, 0.2) is 0 Å². The van der Waals surface area contributed by atoms with E-state index in [-0.39, 0.29) is 14.9 Å². The van der Waals surface area contributed by atoms with Gasteiger partial charge in [-0.15, -0.1) is 0 Å². The van der Waals surface area contributed by atoms with Crippen molar-refractivity contribution < 1.29 is 8.42 Å². The second-order valence-electron chi connectivity index (χ2n) is 7.67. The van der Waals surface area contributed by atoms with Gasteiger partial charge in [-0.05, 0) is 43.2 Å². The summed E-state index contributed by atoms with van der Waals surface area (Å²) in [6, 6.07) is 3.15. The van der Waals surface area contributed by atoms with Crippen molar-refractivity contribution in [2.24, 2.45) is 12.0 Å². The first-order valence-corrected chi connectivity index (χ1v) is 12.6. The number of allylic oxidation sites excluding steroid dienone is 2. The van der Waals surface area contributed by atoms with E-state index in [0.29, 0.717) is 22.6 Å². The first-order chi connectivity index (χ1) is 15.6. The van der Waals surface area contributed by atoms with Crippen LogP contribution in [0.15, 0.2) is 40.8 Å². The number of halogens is 2. The molecule has 178 valence electrons. The molecule has 0 aliphatic carbocycles. The summed E-state index contributed by atoms with van der Waals surface area (Å²) in [7, 11) is -0.575. The number of nitrogens with zero attached hydrogens (tertiary/aromatic N) is 4. The predicted octanol–water partition coefficient (Wildman–Crippen LogP) is 3.65. The van der Waals surface area contributed by atoms with Crippen molar-refractivity contribution in [1.82, 2.24) is 20.0 Å². The van der Waals surface area contributed by atoms with E-state index in [0.717, 1.165) is 37.6 Å². The molecule has 33 heavy (non-hydrogen) atoms. The molecule has 1 aliphatic rings. The molecule has 1 aliphatic heterocycles. The zero-order chi connectivity index (χ0) is 24.3. The zero-order valence-electron chi connectivity index (χ0n) is 19.1. The van der Waals surface area contributed by atoms with Gasteiger partial charge >= 0.3 is 0 Å². The fourth-order valence-electron chi connectivity index (χ4n) is 3.68. The SMILES string of the molecule is C=C/C(=C\C(=NC)N1CCNCC1)c1cc(Cl)c(S(=O)(=O)Nc2c(C)nn(C)c2C)c(Cl)c1. The van der Waals surface area contributed by atoms with Crippen LogP contribution in [0.2, 0.25) is 10.0 Å². The number of sulfonamides is 1. The molecule has 0 atom stereocenters. The number of nitrogens with one attached hydrogen (secondary N) is 2. The number of piperazine rings is 1. The number of aliphatic imine (C=N–C) groups is 1. The van der Waals surface area contributed by atoms with E-state index >= 15 is 0 Å². The van der Waals surface area contributed by atoms with Crippen LogP contribution >= 0.6 is 23.2 Å². The van der Waals surface area contributed by atoms with Crippen LogP contribution in [0.25, 0.3) is 5.57 Å². The first kappa shape index (κ1) is 25.3. The maximum absolute atomic E-state index is 13.2. The Morgan fingerprint density at radius 1 is 1.24 bits per heavy atom. The van der Waals surface area contributed by atoms with Crippen molar-refractivity contribution in [3.8, 4) is 0 Å². The Hall–Kier alpha value is -2.33. The predicted molar refractivity (Wildman–Crippen MR) is 136 cm³/mol. The van der Waals surface area contributed by atoms with Crippen molar-refractivity contribution >= 4 is 50.3 Å². The van der Waals surface area contributed by atoms with Gasteiger partial charge in [0.2, 0.25) is 0 Å². The third-order valence-corrected chi connectivity index (χ3v) is 7.79. The lowest BCUT2D eigenvalue weighted by Crippen LogP contribution is -2.46. The second kappa shape index (κ2) is 10.3. The van der Waals surface area contributed by atoms with Gasteiger partial charge in [-0.25, -0.2) is 8.42 Å². The second-order valence-corrected chi connectivity index (χ2v) is 10.1. The van der Waals surface area contributed by atoms with Gasteiger partial charge in [0, 0.05) is 40.3 Å². The van der Waals surface area contributed by atoms with E-state index in [1.54, 1.807) is 50.8 Å². The smallest absolute Gasteiger partial charge is 0.264 e. The van der Waals surface area contributed by atoms with Gasteiger partial charge in [-0.3, -0.25) is 14.4 Å². The quantitative estimate of drug-likeness (QED) is 0.351. The van der Waals surface area contributed by atoms with Crippen LogP contribution in [0.4, 0.5) is 5.69 Å². The largest absolute Gasteiger partial charge is 0.354 e. The minimum Gasteiger partial charge on any atom is -0.354 e. The normalized spacial score (nSPS) is 15.6. The van der Waals surface area contributed by atoms with Gasteiger partial charge in [0.25, 0.3) is 10.0 Å². The molecule has 0 spiro atoms.